The van der Waals surface area contributed by atoms with Crippen molar-refractivity contribution in [1.29, 1.82) is 0 Å². The molecular weight excluding hydrogens is 779 g/mol. The topological polar surface area (TPSA) is 210 Å². The van der Waals surface area contributed by atoms with Gasteiger partial charge in [-0.1, -0.05) is 126 Å². The lowest BCUT2D eigenvalue weighted by Gasteiger charge is -2.41. The number of hydrogen-bond donors (Lipinski definition) is 6. The van der Waals surface area contributed by atoms with Crippen LogP contribution in [-0.2, 0) is 32.7 Å². The third-order valence-corrected chi connectivity index (χ3v) is 10.8. The van der Waals surface area contributed by atoms with E-state index >= 15 is 0 Å². The number of carbonyl (C=O) groups is 2. The van der Waals surface area contributed by atoms with Crippen molar-refractivity contribution in [3.05, 3.63) is 60.8 Å². The maximum atomic E-state index is 12.8. The SMILES string of the molecule is CC/C=C\C/C=C\C/C=C\CCCCCC(=O)OC(COC(=O)CCCCCCCCC/C=C\C/C=C\CCCCC)COP(=O)(O)OC1C(O)C(O)C(O)C(O)C1O. The highest BCUT2D eigenvalue weighted by atomic mass is 31.2. The Morgan fingerprint density at radius 2 is 0.966 bits per heavy atom. The summed E-state index contributed by atoms with van der Waals surface area (Å²) in [6.07, 6.45) is 28.5. The Morgan fingerprint density at radius 3 is 1.49 bits per heavy atom. The highest BCUT2D eigenvalue weighted by Gasteiger charge is 2.51. The lowest BCUT2D eigenvalue weighted by atomic mass is 9.85. The van der Waals surface area contributed by atoms with E-state index in [1.165, 1.54) is 19.3 Å². The van der Waals surface area contributed by atoms with Crippen LogP contribution in [0.2, 0.25) is 0 Å². The van der Waals surface area contributed by atoms with Crippen LogP contribution in [0.25, 0.3) is 0 Å². The maximum Gasteiger partial charge on any atom is 0.472 e. The van der Waals surface area contributed by atoms with Crippen molar-refractivity contribution >= 4 is 19.8 Å². The van der Waals surface area contributed by atoms with Gasteiger partial charge in [-0.25, -0.2) is 4.57 Å². The van der Waals surface area contributed by atoms with Gasteiger partial charge in [0.2, 0.25) is 0 Å². The molecule has 0 aromatic carbocycles. The van der Waals surface area contributed by atoms with Crippen molar-refractivity contribution < 1.29 is 63.1 Å². The molecule has 1 rings (SSSR count). The summed E-state index contributed by atoms with van der Waals surface area (Å²) in [5, 5.41) is 50.1. The van der Waals surface area contributed by atoms with Crippen LogP contribution in [0.1, 0.15) is 155 Å². The number of aliphatic hydroxyl groups excluding tert-OH is 5. The molecule has 0 aliphatic heterocycles. The molecule has 13 nitrogen and oxygen atoms in total. The van der Waals surface area contributed by atoms with Gasteiger partial charge in [0.25, 0.3) is 0 Å². The Balaban J connectivity index is 2.49. The summed E-state index contributed by atoms with van der Waals surface area (Å²) in [7, 11) is -5.13. The predicted molar refractivity (Wildman–Crippen MR) is 230 cm³/mol. The molecule has 0 aromatic heterocycles. The normalized spacial score (nSPS) is 22.9. The Labute approximate surface area is 353 Å². The van der Waals surface area contributed by atoms with Crippen molar-refractivity contribution in [1.82, 2.24) is 0 Å². The second-order valence-electron chi connectivity index (χ2n) is 15.2. The summed E-state index contributed by atoms with van der Waals surface area (Å²) in [6, 6.07) is 0. The minimum Gasteiger partial charge on any atom is -0.462 e. The average molecular weight is 857 g/mol. The van der Waals surface area contributed by atoms with Gasteiger partial charge in [0.1, 0.15) is 43.2 Å². The standard InChI is InChI=1S/C45H77O13P/c1-3-5-7-9-11-13-15-17-18-19-20-22-23-25-27-29-31-33-38(46)55-35-37(36-56-59(53,54)58-45-43(51)41(49)40(48)42(50)44(45)52)57-39(47)34-32-30-28-26-24-21-16-14-12-10-8-6-4-2/h6,8,11-14,17-18,21,24,37,40-45,48-52H,3-5,7,9-10,15-16,19-20,22-23,25-36H2,1-2H3,(H,53,54)/b8-6-,13-11-,14-12-,18-17-,24-21-. The van der Waals surface area contributed by atoms with Crippen molar-refractivity contribution in [2.75, 3.05) is 13.2 Å². The zero-order valence-corrected chi connectivity index (χ0v) is 36.7. The van der Waals surface area contributed by atoms with Gasteiger partial charge in [0.05, 0.1) is 6.61 Å². The van der Waals surface area contributed by atoms with Crippen molar-refractivity contribution in [2.24, 2.45) is 0 Å². The van der Waals surface area contributed by atoms with Crippen LogP contribution in [0.15, 0.2) is 60.8 Å². The third-order valence-electron chi connectivity index (χ3n) is 9.84. The first-order valence-corrected chi connectivity index (χ1v) is 23.6. The molecule has 0 heterocycles. The second-order valence-corrected chi connectivity index (χ2v) is 16.6. The van der Waals surface area contributed by atoms with Crippen LogP contribution in [-0.4, -0.2) is 98.3 Å². The molecule has 0 radical (unpaired) electrons. The molecule has 14 heteroatoms. The Morgan fingerprint density at radius 1 is 0.542 bits per heavy atom. The fourth-order valence-corrected chi connectivity index (χ4v) is 7.24. The number of esters is 2. The lowest BCUT2D eigenvalue weighted by molar-refractivity contribution is -0.220. The number of ether oxygens (including phenoxy) is 2. The molecule has 6 N–H and O–H groups in total. The number of rotatable bonds is 35. The summed E-state index contributed by atoms with van der Waals surface area (Å²) in [4.78, 5) is 35.6. The van der Waals surface area contributed by atoms with E-state index in [1.54, 1.807) is 0 Å². The molecule has 0 bridgehead atoms. The summed E-state index contributed by atoms with van der Waals surface area (Å²) >= 11 is 0. The van der Waals surface area contributed by atoms with Gasteiger partial charge in [0, 0.05) is 12.8 Å². The first kappa shape index (κ1) is 54.6. The zero-order chi connectivity index (χ0) is 43.6. The number of unbranched alkanes of at least 4 members (excludes halogenated alkanes) is 13. The van der Waals surface area contributed by atoms with Crippen LogP contribution in [0.4, 0.5) is 0 Å². The fourth-order valence-electron chi connectivity index (χ4n) is 6.27. The van der Waals surface area contributed by atoms with Gasteiger partial charge >= 0.3 is 19.8 Å². The molecule has 0 saturated heterocycles. The van der Waals surface area contributed by atoms with Gasteiger partial charge in [0.15, 0.2) is 6.10 Å². The minimum atomic E-state index is -5.13. The predicted octanol–water partition coefficient (Wildman–Crippen LogP) is 8.16. The molecule has 1 fully saturated rings. The fraction of sp³-hybridized carbons (Fsp3) is 0.733. The zero-order valence-electron chi connectivity index (χ0n) is 35.8. The van der Waals surface area contributed by atoms with Crippen LogP contribution in [0.3, 0.4) is 0 Å². The lowest BCUT2D eigenvalue weighted by Crippen LogP contribution is -2.64. The quantitative estimate of drug-likeness (QED) is 0.0154. The monoisotopic (exact) mass is 857 g/mol. The molecule has 1 saturated carbocycles. The van der Waals surface area contributed by atoms with Gasteiger partial charge in [-0.05, 0) is 77.0 Å². The highest BCUT2D eigenvalue weighted by Crippen LogP contribution is 2.47. The molecule has 1 aliphatic rings. The number of hydrogen-bond acceptors (Lipinski definition) is 12. The molecule has 1 aliphatic carbocycles. The number of allylic oxidation sites excluding steroid dienone is 10. The van der Waals surface area contributed by atoms with Gasteiger partial charge in [-0.3, -0.25) is 18.6 Å². The highest BCUT2D eigenvalue weighted by molar-refractivity contribution is 7.47. The van der Waals surface area contributed by atoms with E-state index in [-0.39, 0.29) is 12.8 Å². The Kier molecular flexibility index (Phi) is 32.5. The molecular formula is C45H77O13P. The van der Waals surface area contributed by atoms with E-state index < -0.39 is 75.7 Å². The molecule has 59 heavy (non-hydrogen) atoms. The van der Waals surface area contributed by atoms with Crippen LogP contribution < -0.4 is 0 Å². The second kappa shape index (κ2) is 35.2. The van der Waals surface area contributed by atoms with E-state index in [4.69, 9.17) is 18.5 Å². The number of carbonyl (C=O) groups excluding carboxylic acids is 2. The van der Waals surface area contributed by atoms with E-state index in [2.05, 4.69) is 74.6 Å². The smallest absolute Gasteiger partial charge is 0.462 e. The van der Waals surface area contributed by atoms with Gasteiger partial charge < -0.3 is 39.9 Å². The van der Waals surface area contributed by atoms with E-state index in [0.29, 0.717) is 12.8 Å². The van der Waals surface area contributed by atoms with Gasteiger partial charge in [-0.2, -0.15) is 0 Å². The van der Waals surface area contributed by atoms with E-state index in [1.807, 2.05) is 0 Å². The van der Waals surface area contributed by atoms with Crippen molar-refractivity contribution in [2.45, 2.75) is 198 Å². The van der Waals surface area contributed by atoms with Crippen LogP contribution >= 0.6 is 7.82 Å². The average Bonchev–Trinajstić information content (AvgIpc) is 3.21. The summed E-state index contributed by atoms with van der Waals surface area (Å²) < 4.78 is 33.4. The summed E-state index contributed by atoms with van der Waals surface area (Å²) in [5.74, 6) is -1.15. The molecule has 6 unspecified atom stereocenters. The largest absolute Gasteiger partial charge is 0.472 e. The molecule has 0 aromatic rings. The molecule has 0 amide bonds. The van der Waals surface area contributed by atoms with Gasteiger partial charge in [-0.15, -0.1) is 0 Å². The molecule has 0 spiro atoms. The third kappa shape index (κ3) is 27.9. The van der Waals surface area contributed by atoms with E-state index in [0.717, 1.165) is 96.3 Å². The number of phosphoric acid groups is 1. The van der Waals surface area contributed by atoms with Crippen LogP contribution in [0.5, 0.6) is 0 Å². The number of aliphatic hydroxyl groups is 5. The summed E-state index contributed by atoms with van der Waals surface area (Å²) in [6.45, 7) is 3.11. The molecule has 6 atom stereocenters. The Hall–Kier alpha value is -2.45. The minimum absolute atomic E-state index is 0.0571. The van der Waals surface area contributed by atoms with Crippen LogP contribution in [0, 0.1) is 0 Å². The molecule has 340 valence electrons. The Bertz CT molecular complexity index is 1270. The van der Waals surface area contributed by atoms with Crippen molar-refractivity contribution in [3.8, 4) is 0 Å². The first-order chi connectivity index (χ1) is 28.4. The summed E-state index contributed by atoms with van der Waals surface area (Å²) in [5.41, 5.74) is 0. The maximum absolute atomic E-state index is 12.8. The van der Waals surface area contributed by atoms with E-state index in [9.17, 15) is 44.6 Å². The first-order valence-electron chi connectivity index (χ1n) is 22.1. The van der Waals surface area contributed by atoms with Crippen molar-refractivity contribution in [3.63, 3.8) is 0 Å². The number of phosphoric ester groups is 1.